The molecule has 0 atom stereocenters. The van der Waals surface area contributed by atoms with Gasteiger partial charge in [-0.15, -0.1) is 11.3 Å². The molecular formula is C20H18N2O3S. The highest BCUT2D eigenvalue weighted by molar-refractivity contribution is 7.10. The molecule has 26 heavy (non-hydrogen) atoms. The minimum absolute atomic E-state index is 0.00115. The van der Waals surface area contributed by atoms with Gasteiger partial charge in [-0.3, -0.25) is 9.59 Å². The Balaban J connectivity index is 1.56. The minimum Gasteiger partial charge on any atom is -0.472 e. The molecule has 0 fully saturated rings. The van der Waals surface area contributed by atoms with E-state index in [0.717, 1.165) is 18.5 Å². The standard InChI is InChI=1S/C20H18N2O3S/c1-13-16(20(24)22-8-5-18-14(11-22)7-10-26-18)3-2-4-17(13)21-19(23)15-6-9-25-12-15/h2-4,6-7,9-10,12H,5,8,11H2,1H3,(H,21,23). The fourth-order valence-corrected chi connectivity index (χ4v) is 4.07. The van der Waals surface area contributed by atoms with Crippen LogP contribution in [0.5, 0.6) is 0 Å². The van der Waals surface area contributed by atoms with Crippen molar-refractivity contribution in [2.75, 3.05) is 11.9 Å². The second-order valence-electron chi connectivity index (χ2n) is 6.29. The first-order valence-electron chi connectivity index (χ1n) is 8.41. The number of carbonyl (C=O) groups is 2. The summed E-state index contributed by atoms with van der Waals surface area (Å²) < 4.78 is 4.95. The maximum Gasteiger partial charge on any atom is 0.258 e. The Labute approximate surface area is 155 Å². The summed E-state index contributed by atoms with van der Waals surface area (Å²) >= 11 is 1.75. The van der Waals surface area contributed by atoms with Crippen LogP contribution < -0.4 is 5.32 Å². The van der Waals surface area contributed by atoms with Gasteiger partial charge in [0.25, 0.3) is 11.8 Å². The fraction of sp³-hybridized carbons (Fsp3) is 0.200. The first-order chi connectivity index (χ1) is 12.6. The van der Waals surface area contributed by atoms with Crippen molar-refractivity contribution < 1.29 is 14.0 Å². The Morgan fingerprint density at radius 1 is 1.23 bits per heavy atom. The Morgan fingerprint density at radius 2 is 2.12 bits per heavy atom. The van der Waals surface area contributed by atoms with Gasteiger partial charge in [0.1, 0.15) is 6.26 Å². The van der Waals surface area contributed by atoms with E-state index in [2.05, 4.69) is 16.8 Å². The number of benzene rings is 1. The average Bonchev–Trinajstić information content (AvgIpc) is 3.34. The van der Waals surface area contributed by atoms with Gasteiger partial charge in [-0.2, -0.15) is 0 Å². The molecule has 0 saturated heterocycles. The quantitative estimate of drug-likeness (QED) is 0.759. The summed E-state index contributed by atoms with van der Waals surface area (Å²) in [6, 6.07) is 9.11. The summed E-state index contributed by atoms with van der Waals surface area (Å²) in [6.45, 7) is 3.22. The maximum atomic E-state index is 13.0. The Bertz CT molecular complexity index is 959. The summed E-state index contributed by atoms with van der Waals surface area (Å²) in [5, 5.41) is 4.93. The van der Waals surface area contributed by atoms with Gasteiger partial charge in [-0.1, -0.05) is 6.07 Å². The van der Waals surface area contributed by atoms with E-state index in [9.17, 15) is 9.59 Å². The van der Waals surface area contributed by atoms with Crippen LogP contribution in [0.2, 0.25) is 0 Å². The van der Waals surface area contributed by atoms with E-state index in [-0.39, 0.29) is 11.8 Å². The SMILES string of the molecule is Cc1c(NC(=O)c2ccoc2)cccc1C(=O)N1CCc2sccc2C1. The molecular weight excluding hydrogens is 348 g/mol. The van der Waals surface area contributed by atoms with Crippen molar-refractivity contribution in [2.45, 2.75) is 19.9 Å². The van der Waals surface area contributed by atoms with Crippen LogP contribution in [0.3, 0.4) is 0 Å². The number of anilines is 1. The minimum atomic E-state index is -0.257. The smallest absolute Gasteiger partial charge is 0.258 e. The summed E-state index contributed by atoms with van der Waals surface area (Å²) in [7, 11) is 0. The van der Waals surface area contributed by atoms with Crippen molar-refractivity contribution in [3.05, 3.63) is 75.4 Å². The Hall–Kier alpha value is -2.86. The van der Waals surface area contributed by atoms with E-state index < -0.39 is 0 Å². The fourth-order valence-electron chi connectivity index (χ4n) is 3.18. The topological polar surface area (TPSA) is 62.6 Å². The van der Waals surface area contributed by atoms with Crippen LogP contribution in [0, 0.1) is 6.92 Å². The molecule has 0 unspecified atom stereocenters. The first kappa shape index (κ1) is 16.6. The molecule has 0 aliphatic carbocycles. The molecule has 1 N–H and O–H groups in total. The highest BCUT2D eigenvalue weighted by atomic mass is 32.1. The van der Waals surface area contributed by atoms with Crippen molar-refractivity contribution in [3.8, 4) is 0 Å². The third-order valence-corrected chi connectivity index (χ3v) is 5.71. The Morgan fingerprint density at radius 3 is 2.92 bits per heavy atom. The normalized spacial score (nSPS) is 13.3. The number of carbonyl (C=O) groups excluding carboxylic acids is 2. The van der Waals surface area contributed by atoms with Gasteiger partial charge in [0.15, 0.2) is 0 Å². The van der Waals surface area contributed by atoms with Crippen LogP contribution in [0.15, 0.2) is 52.7 Å². The van der Waals surface area contributed by atoms with Gasteiger partial charge < -0.3 is 14.6 Å². The van der Waals surface area contributed by atoms with Gasteiger partial charge in [0.05, 0.1) is 11.8 Å². The number of hydrogen-bond acceptors (Lipinski definition) is 4. The lowest BCUT2D eigenvalue weighted by Crippen LogP contribution is -2.35. The van der Waals surface area contributed by atoms with Crippen molar-refractivity contribution in [3.63, 3.8) is 0 Å². The highest BCUT2D eigenvalue weighted by Crippen LogP contribution is 2.27. The number of fused-ring (bicyclic) bond motifs is 1. The number of hydrogen-bond donors (Lipinski definition) is 1. The molecule has 2 amide bonds. The monoisotopic (exact) mass is 366 g/mol. The highest BCUT2D eigenvalue weighted by Gasteiger charge is 2.24. The van der Waals surface area contributed by atoms with Crippen LogP contribution in [0.4, 0.5) is 5.69 Å². The zero-order valence-corrected chi connectivity index (χ0v) is 15.1. The molecule has 0 bridgehead atoms. The van der Waals surface area contributed by atoms with Crippen LogP contribution in [0.1, 0.15) is 36.7 Å². The zero-order valence-electron chi connectivity index (χ0n) is 14.3. The van der Waals surface area contributed by atoms with E-state index >= 15 is 0 Å². The third kappa shape index (κ3) is 3.04. The molecule has 3 aromatic rings. The van der Waals surface area contributed by atoms with Crippen molar-refractivity contribution in [2.24, 2.45) is 0 Å². The van der Waals surface area contributed by atoms with Gasteiger partial charge in [-0.05, 0) is 54.1 Å². The van der Waals surface area contributed by atoms with E-state index in [1.54, 1.807) is 29.5 Å². The van der Waals surface area contributed by atoms with Gasteiger partial charge >= 0.3 is 0 Å². The summed E-state index contributed by atoms with van der Waals surface area (Å²) in [5.74, 6) is -0.258. The second kappa shape index (κ2) is 6.80. The molecule has 6 heteroatoms. The van der Waals surface area contributed by atoms with Crippen LogP contribution in [-0.2, 0) is 13.0 Å². The molecule has 0 saturated carbocycles. The molecule has 5 nitrogen and oxygen atoms in total. The molecule has 132 valence electrons. The van der Waals surface area contributed by atoms with Crippen molar-refractivity contribution in [1.29, 1.82) is 0 Å². The molecule has 0 spiro atoms. The summed E-state index contributed by atoms with van der Waals surface area (Å²) in [4.78, 5) is 28.5. The maximum absolute atomic E-state index is 13.0. The van der Waals surface area contributed by atoms with Gasteiger partial charge in [0, 0.05) is 29.2 Å². The van der Waals surface area contributed by atoms with Crippen LogP contribution in [-0.4, -0.2) is 23.3 Å². The molecule has 3 heterocycles. The van der Waals surface area contributed by atoms with E-state index in [1.807, 2.05) is 17.9 Å². The predicted octanol–water partition coefficient (Wildman–Crippen LogP) is 4.10. The predicted molar refractivity (Wildman–Crippen MR) is 101 cm³/mol. The van der Waals surface area contributed by atoms with Crippen LogP contribution in [0.25, 0.3) is 0 Å². The lowest BCUT2D eigenvalue weighted by molar-refractivity contribution is 0.0735. The van der Waals surface area contributed by atoms with Gasteiger partial charge in [0.2, 0.25) is 0 Å². The molecule has 0 radical (unpaired) electrons. The van der Waals surface area contributed by atoms with E-state index in [0.29, 0.717) is 23.4 Å². The number of rotatable bonds is 3. The second-order valence-corrected chi connectivity index (χ2v) is 7.29. The molecule has 1 aliphatic rings. The van der Waals surface area contributed by atoms with E-state index in [4.69, 9.17) is 4.42 Å². The van der Waals surface area contributed by atoms with Crippen LogP contribution >= 0.6 is 11.3 Å². The molecule has 1 aliphatic heterocycles. The molecule has 4 rings (SSSR count). The number of thiophene rings is 1. The average molecular weight is 366 g/mol. The lowest BCUT2D eigenvalue weighted by Gasteiger charge is -2.28. The van der Waals surface area contributed by atoms with Crippen molar-refractivity contribution >= 4 is 28.8 Å². The van der Waals surface area contributed by atoms with Gasteiger partial charge in [-0.25, -0.2) is 0 Å². The number of nitrogens with zero attached hydrogens (tertiary/aromatic N) is 1. The number of amides is 2. The van der Waals surface area contributed by atoms with Crippen molar-refractivity contribution in [1.82, 2.24) is 4.90 Å². The largest absolute Gasteiger partial charge is 0.472 e. The Kier molecular flexibility index (Phi) is 4.34. The number of furan rings is 1. The third-order valence-electron chi connectivity index (χ3n) is 4.69. The van der Waals surface area contributed by atoms with E-state index in [1.165, 1.54) is 23.0 Å². The number of nitrogens with one attached hydrogen (secondary N) is 1. The summed E-state index contributed by atoms with van der Waals surface area (Å²) in [5.41, 5.74) is 3.70. The first-order valence-corrected chi connectivity index (χ1v) is 9.29. The molecule has 1 aromatic carbocycles. The summed E-state index contributed by atoms with van der Waals surface area (Å²) in [6.07, 6.45) is 3.75. The lowest BCUT2D eigenvalue weighted by atomic mass is 10.0. The molecule has 2 aromatic heterocycles. The zero-order chi connectivity index (χ0) is 18.1.